The zero-order valence-corrected chi connectivity index (χ0v) is 11.7. The fourth-order valence-electron chi connectivity index (χ4n) is 2.10. The van der Waals surface area contributed by atoms with Crippen LogP contribution < -0.4 is 5.73 Å². The molecule has 0 aliphatic carbocycles. The summed E-state index contributed by atoms with van der Waals surface area (Å²) in [5.74, 6) is 0.607. The molecule has 2 rings (SSSR count). The van der Waals surface area contributed by atoms with Crippen LogP contribution in [0.25, 0.3) is 11.3 Å². The van der Waals surface area contributed by atoms with Crippen molar-refractivity contribution in [3.63, 3.8) is 0 Å². The average molecular weight is 297 g/mol. The Bertz CT molecular complexity index is 590. The molecule has 0 amide bonds. The van der Waals surface area contributed by atoms with Crippen LogP contribution in [0, 0.1) is 0 Å². The Morgan fingerprint density at radius 2 is 2.10 bits per heavy atom. The summed E-state index contributed by atoms with van der Waals surface area (Å²) in [7, 11) is 0. The van der Waals surface area contributed by atoms with E-state index in [4.69, 9.17) is 5.73 Å². The lowest BCUT2D eigenvalue weighted by atomic mass is 10.1. The molecule has 0 fully saturated rings. The number of nitrogens with zero attached hydrogens (tertiary/aromatic N) is 1. The highest BCUT2D eigenvalue weighted by Gasteiger charge is 2.30. The van der Waals surface area contributed by atoms with E-state index in [1.165, 1.54) is 12.3 Å². The second kappa shape index (κ2) is 6.30. The highest BCUT2D eigenvalue weighted by molar-refractivity contribution is 5.59. The number of H-pyrrole nitrogens is 1. The molecule has 2 aromatic rings. The average Bonchev–Trinajstić information content (AvgIpc) is 2.94. The summed E-state index contributed by atoms with van der Waals surface area (Å²) in [6.07, 6.45) is -0.00524. The Labute approximate surface area is 121 Å². The van der Waals surface area contributed by atoms with Gasteiger partial charge in [0, 0.05) is 5.56 Å². The highest BCUT2D eigenvalue weighted by Crippen LogP contribution is 2.32. The van der Waals surface area contributed by atoms with Gasteiger partial charge in [-0.2, -0.15) is 13.2 Å². The lowest BCUT2D eigenvalue weighted by Crippen LogP contribution is -2.11. The summed E-state index contributed by atoms with van der Waals surface area (Å²) in [4.78, 5) is 7.19. The van der Waals surface area contributed by atoms with Crippen LogP contribution in [0.15, 0.2) is 30.5 Å². The fraction of sp³-hybridized carbons (Fsp3) is 0.400. The van der Waals surface area contributed by atoms with Gasteiger partial charge in [-0.15, -0.1) is 0 Å². The minimum atomic E-state index is -4.35. The van der Waals surface area contributed by atoms with Gasteiger partial charge in [0.15, 0.2) is 0 Å². The van der Waals surface area contributed by atoms with E-state index in [1.807, 2.05) is 0 Å². The maximum absolute atomic E-state index is 12.7. The van der Waals surface area contributed by atoms with Gasteiger partial charge in [-0.3, -0.25) is 0 Å². The first-order valence-corrected chi connectivity index (χ1v) is 6.90. The SMILES string of the molecule is CCCCC(N)c1ncc(-c2cccc(C(F)(F)F)c2)[nH]1. The molecule has 0 aliphatic heterocycles. The van der Waals surface area contributed by atoms with Crippen LogP contribution in [0.1, 0.15) is 43.6 Å². The van der Waals surface area contributed by atoms with Crippen molar-refractivity contribution in [1.82, 2.24) is 9.97 Å². The maximum atomic E-state index is 12.7. The molecule has 3 N–H and O–H groups in total. The van der Waals surface area contributed by atoms with E-state index in [2.05, 4.69) is 16.9 Å². The molecule has 0 bridgehead atoms. The third kappa shape index (κ3) is 3.85. The van der Waals surface area contributed by atoms with Crippen molar-refractivity contribution in [2.45, 2.75) is 38.4 Å². The van der Waals surface area contributed by atoms with E-state index in [1.54, 1.807) is 6.07 Å². The zero-order valence-electron chi connectivity index (χ0n) is 11.7. The molecule has 0 saturated carbocycles. The summed E-state index contributed by atoms with van der Waals surface area (Å²) >= 11 is 0. The molecular weight excluding hydrogens is 279 g/mol. The van der Waals surface area contributed by atoms with Crippen LogP contribution in [0.5, 0.6) is 0 Å². The van der Waals surface area contributed by atoms with Crippen LogP contribution in [0.2, 0.25) is 0 Å². The Hall–Kier alpha value is -1.82. The van der Waals surface area contributed by atoms with Gasteiger partial charge in [-0.25, -0.2) is 4.98 Å². The number of aromatic nitrogens is 2. The summed E-state index contributed by atoms with van der Waals surface area (Å²) in [6, 6.07) is 4.94. The number of hydrogen-bond acceptors (Lipinski definition) is 2. The Kier molecular flexibility index (Phi) is 4.67. The van der Waals surface area contributed by atoms with Gasteiger partial charge >= 0.3 is 6.18 Å². The number of imidazole rings is 1. The number of nitrogens with two attached hydrogens (primary N) is 1. The summed E-state index contributed by atoms with van der Waals surface area (Å²) < 4.78 is 38.1. The van der Waals surface area contributed by atoms with Gasteiger partial charge in [0.05, 0.1) is 23.5 Å². The van der Waals surface area contributed by atoms with E-state index >= 15 is 0 Å². The Balaban J connectivity index is 2.22. The first-order valence-electron chi connectivity index (χ1n) is 6.90. The van der Waals surface area contributed by atoms with Crippen LogP contribution in [0.4, 0.5) is 13.2 Å². The smallest absolute Gasteiger partial charge is 0.341 e. The molecule has 1 heterocycles. The van der Waals surface area contributed by atoms with Crippen molar-refractivity contribution in [3.05, 3.63) is 41.9 Å². The van der Waals surface area contributed by atoms with Gasteiger partial charge in [0.2, 0.25) is 0 Å². The number of rotatable bonds is 5. The lowest BCUT2D eigenvalue weighted by Gasteiger charge is -2.08. The van der Waals surface area contributed by atoms with Crippen molar-refractivity contribution >= 4 is 0 Å². The molecule has 1 aromatic heterocycles. The number of hydrogen-bond donors (Lipinski definition) is 2. The number of unbranched alkanes of at least 4 members (excludes halogenated alkanes) is 1. The van der Waals surface area contributed by atoms with Crippen LogP contribution in [-0.4, -0.2) is 9.97 Å². The number of aromatic amines is 1. The van der Waals surface area contributed by atoms with Crippen LogP contribution in [0.3, 0.4) is 0 Å². The fourth-order valence-corrected chi connectivity index (χ4v) is 2.10. The lowest BCUT2D eigenvalue weighted by molar-refractivity contribution is -0.137. The van der Waals surface area contributed by atoms with Gasteiger partial charge in [0.1, 0.15) is 5.82 Å². The van der Waals surface area contributed by atoms with E-state index < -0.39 is 11.7 Å². The molecule has 1 atom stereocenters. The van der Waals surface area contributed by atoms with Gasteiger partial charge in [-0.1, -0.05) is 31.9 Å². The highest BCUT2D eigenvalue weighted by atomic mass is 19.4. The minimum absolute atomic E-state index is 0.218. The van der Waals surface area contributed by atoms with Crippen molar-refractivity contribution in [2.75, 3.05) is 0 Å². The molecule has 0 aliphatic rings. The molecule has 0 radical (unpaired) electrons. The summed E-state index contributed by atoms with van der Waals surface area (Å²) in [6.45, 7) is 2.07. The quantitative estimate of drug-likeness (QED) is 0.865. The first kappa shape index (κ1) is 15.6. The van der Waals surface area contributed by atoms with Crippen molar-refractivity contribution in [2.24, 2.45) is 5.73 Å². The first-order chi connectivity index (χ1) is 9.91. The van der Waals surface area contributed by atoms with Gasteiger partial charge in [0.25, 0.3) is 0 Å². The molecule has 21 heavy (non-hydrogen) atoms. The van der Waals surface area contributed by atoms with Crippen molar-refractivity contribution in [1.29, 1.82) is 0 Å². The molecule has 0 saturated heterocycles. The van der Waals surface area contributed by atoms with E-state index in [-0.39, 0.29) is 6.04 Å². The maximum Gasteiger partial charge on any atom is 0.416 e. The molecule has 3 nitrogen and oxygen atoms in total. The monoisotopic (exact) mass is 297 g/mol. The standard InChI is InChI=1S/C15H18F3N3/c1-2-3-7-12(19)14-20-9-13(21-14)10-5-4-6-11(8-10)15(16,17)18/h4-6,8-9,12H,2-3,7,19H2,1H3,(H,20,21). The molecule has 1 unspecified atom stereocenters. The van der Waals surface area contributed by atoms with Crippen molar-refractivity contribution in [3.8, 4) is 11.3 Å². The number of benzene rings is 1. The Morgan fingerprint density at radius 3 is 2.76 bits per heavy atom. The number of nitrogens with one attached hydrogen (secondary N) is 1. The second-order valence-electron chi connectivity index (χ2n) is 5.01. The summed E-state index contributed by atoms with van der Waals surface area (Å²) in [5.41, 5.74) is 6.32. The van der Waals surface area contributed by atoms with Crippen LogP contribution >= 0.6 is 0 Å². The third-order valence-electron chi connectivity index (χ3n) is 3.32. The predicted octanol–water partition coefficient (Wildman–Crippen LogP) is 4.29. The number of alkyl halides is 3. The van der Waals surface area contributed by atoms with E-state index in [0.29, 0.717) is 17.1 Å². The van der Waals surface area contributed by atoms with E-state index in [0.717, 1.165) is 31.4 Å². The Morgan fingerprint density at radius 1 is 1.33 bits per heavy atom. The van der Waals surface area contributed by atoms with Gasteiger partial charge < -0.3 is 10.7 Å². The molecule has 0 spiro atoms. The molecule has 114 valence electrons. The topological polar surface area (TPSA) is 54.7 Å². The normalized spacial score (nSPS) is 13.4. The molecule has 1 aromatic carbocycles. The predicted molar refractivity (Wildman–Crippen MR) is 75.5 cm³/mol. The second-order valence-corrected chi connectivity index (χ2v) is 5.01. The molecule has 6 heteroatoms. The zero-order chi connectivity index (χ0) is 15.5. The largest absolute Gasteiger partial charge is 0.416 e. The van der Waals surface area contributed by atoms with E-state index in [9.17, 15) is 13.2 Å². The number of halogens is 3. The van der Waals surface area contributed by atoms with Crippen molar-refractivity contribution < 1.29 is 13.2 Å². The minimum Gasteiger partial charge on any atom is -0.341 e. The summed E-state index contributed by atoms with van der Waals surface area (Å²) in [5, 5.41) is 0. The third-order valence-corrected chi connectivity index (χ3v) is 3.32. The van der Waals surface area contributed by atoms with Crippen LogP contribution in [-0.2, 0) is 6.18 Å². The van der Waals surface area contributed by atoms with Gasteiger partial charge in [-0.05, 0) is 18.6 Å². The molecular formula is C15H18F3N3.